The number of benzene rings is 2. The van der Waals surface area contributed by atoms with E-state index in [1.807, 2.05) is 37.3 Å². The number of thiocarbonyl (C=S) groups is 1. The summed E-state index contributed by atoms with van der Waals surface area (Å²) < 4.78 is 6.15. The van der Waals surface area contributed by atoms with Crippen LogP contribution in [0.3, 0.4) is 0 Å². The molecule has 1 aliphatic heterocycles. The number of carbonyl (C=O) groups excluding carboxylic acids is 1. The number of ether oxygens (including phenoxy) is 1. The zero-order valence-electron chi connectivity index (χ0n) is 16.7. The molecule has 1 amide bonds. The molecule has 5 heteroatoms. The fraction of sp³-hybridized carbons (Fsp3) is 0.304. The Balaban J connectivity index is 1.82. The summed E-state index contributed by atoms with van der Waals surface area (Å²) in [5, 5.41) is 0. The molecule has 0 aliphatic carbocycles. The molecular weight excluding hydrogens is 386 g/mol. The van der Waals surface area contributed by atoms with Gasteiger partial charge in [0.05, 0.1) is 12.0 Å². The van der Waals surface area contributed by atoms with Gasteiger partial charge < -0.3 is 4.74 Å². The highest BCUT2D eigenvalue weighted by molar-refractivity contribution is 8.26. The molecule has 3 nitrogen and oxygen atoms in total. The summed E-state index contributed by atoms with van der Waals surface area (Å²) in [4.78, 5) is 15.3. The van der Waals surface area contributed by atoms with Crippen molar-refractivity contribution in [1.29, 1.82) is 0 Å². The smallest absolute Gasteiger partial charge is 0.266 e. The molecule has 1 saturated heterocycles. The number of nitrogens with zero attached hydrogens (tertiary/aromatic N) is 1. The van der Waals surface area contributed by atoms with Gasteiger partial charge in [0, 0.05) is 6.54 Å². The van der Waals surface area contributed by atoms with E-state index < -0.39 is 0 Å². The first-order valence-electron chi connectivity index (χ1n) is 9.38. The lowest BCUT2D eigenvalue weighted by molar-refractivity contribution is -0.122. The Morgan fingerprint density at radius 2 is 1.93 bits per heavy atom. The number of amides is 1. The molecule has 146 valence electrons. The van der Waals surface area contributed by atoms with E-state index in [4.69, 9.17) is 17.0 Å². The van der Waals surface area contributed by atoms with Crippen molar-refractivity contribution >= 4 is 40.3 Å². The highest BCUT2D eigenvalue weighted by atomic mass is 32.2. The second kappa shape index (κ2) is 8.93. The number of aryl methyl sites for hydroxylation is 1. The minimum Gasteiger partial charge on any atom is -0.496 e. The van der Waals surface area contributed by atoms with Gasteiger partial charge >= 0.3 is 0 Å². The second-order valence-corrected chi connectivity index (χ2v) is 8.85. The number of hydrogen-bond acceptors (Lipinski definition) is 4. The maximum Gasteiger partial charge on any atom is 0.266 e. The Bertz CT molecular complexity index is 920. The van der Waals surface area contributed by atoms with Gasteiger partial charge in [0.15, 0.2) is 0 Å². The predicted molar refractivity (Wildman–Crippen MR) is 122 cm³/mol. The first-order valence-corrected chi connectivity index (χ1v) is 10.6. The standard InChI is InChI=1S/C23H25NO2S2/c1-15(2)19-13-18(16(3)12-20(19)26-4)14-21-22(25)24(23(27)28-21)11-10-17-8-6-5-7-9-17/h5-9,12-15H,10-11H2,1-4H3. The largest absolute Gasteiger partial charge is 0.496 e. The molecule has 0 saturated carbocycles. The van der Waals surface area contributed by atoms with E-state index in [1.165, 1.54) is 17.3 Å². The predicted octanol–water partition coefficient (Wildman–Crippen LogP) is 5.57. The first-order chi connectivity index (χ1) is 13.4. The van der Waals surface area contributed by atoms with Crippen LogP contribution in [0.4, 0.5) is 0 Å². The third-order valence-corrected chi connectivity index (χ3v) is 6.25. The van der Waals surface area contributed by atoms with Crippen LogP contribution in [-0.2, 0) is 11.2 Å². The van der Waals surface area contributed by atoms with Crippen LogP contribution in [0, 0.1) is 6.92 Å². The van der Waals surface area contributed by atoms with E-state index >= 15 is 0 Å². The molecule has 1 fully saturated rings. The summed E-state index contributed by atoms with van der Waals surface area (Å²) in [7, 11) is 1.69. The van der Waals surface area contributed by atoms with E-state index in [1.54, 1.807) is 12.0 Å². The topological polar surface area (TPSA) is 29.5 Å². The van der Waals surface area contributed by atoms with Gasteiger partial charge in [0.1, 0.15) is 10.1 Å². The van der Waals surface area contributed by atoms with Crippen molar-refractivity contribution in [2.75, 3.05) is 13.7 Å². The third kappa shape index (κ3) is 4.47. The zero-order valence-corrected chi connectivity index (χ0v) is 18.3. The van der Waals surface area contributed by atoms with Crippen molar-refractivity contribution in [3.8, 4) is 5.75 Å². The van der Waals surface area contributed by atoms with Crippen LogP contribution in [0.2, 0.25) is 0 Å². The first kappa shape index (κ1) is 20.6. The van der Waals surface area contributed by atoms with Crippen molar-refractivity contribution in [2.45, 2.75) is 33.1 Å². The second-order valence-electron chi connectivity index (χ2n) is 7.17. The zero-order chi connectivity index (χ0) is 20.3. The molecule has 28 heavy (non-hydrogen) atoms. The molecule has 0 spiro atoms. The Morgan fingerprint density at radius 3 is 2.57 bits per heavy atom. The molecule has 1 aliphatic rings. The molecule has 2 aromatic carbocycles. The molecule has 0 aromatic heterocycles. The van der Waals surface area contributed by atoms with Crippen LogP contribution < -0.4 is 4.74 Å². The Hall–Kier alpha value is -2.11. The molecule has 0 radical (unpaired) electrons. The quantitative estimate of drug-likeness (QED) is 0.459. The maximum atomic E-state index is 12.9. The van der Waals surface area contributed by atoms with Crippen LogP contribution >= 0.6 is 24.0 Å². The number of carbonyl (C=O) groups is 1. The van der Waals surface area contributed by atoms with E-state index in [0.29, 0.717) is 21.7 Å². The highest BCUT2D eigenvalue weighted by Crippen LogP contribution is 2.35. The third-order valence-electron chi connectivity index (χ3n) is 4.87. The minimum atomic E-state index is -0.00718. The number of rotatable bonds is 6. The average Bonchev–Trinajstić information content (AvgIpc) is 2.95. The lowest BCUT2D eigenvalue weighted by Crippen LogP contribution is -2.30. The lowest BCUT2D eigenvalue weighted by Gasteiger charge is -2.15. The van der Waals surface area contributed by atoms with Crippen LogP contribution in [0.1, 0.15) is 42.0 Å². The van der Waals surface area contributed by atoms with Crippen molar-refractivity contribution in [1.82, 2.24) is 4.90 Å². The van der Waals surface area contributed by atoms with Crippen molar-refractivity contribution in [2.24, 2.45) is 0 Å². The molecule has 3 rings (SSSR count). The monoisotopic (exact) mass is 411 g/mol. The summed E-state index contributed by atoms with van der Waals surface area (Å²) in [5.41, 5.74) is 4.45. The van der Waals surface area contributed by atoms with Crippen molar-refractivity contribution < 1.29 is 9.53 Å². The SMILES string of the molecule is COc1cc(C)c(C=C2SC(=S)N(CCc3ccccc3)C2=O)cc1C(C)C. The summed E-state index contributed by atoms with van der Waals surface area (Å²) in [6.45, 7) is 6.92. The van der Waals surface area contributed by atoms with E-state index in [-0.39, 0.29) is 5.91 Å². The van der Waals surface area contributed by atoms with Gasteiger partial charge in [-0.15, -0.1) is 0 Å². The Labute approximate surface area is 176 Å². The van der Waals surface area contributed by atoms with Gasteiger partial charge in [0.25, 0.3) is 5.91 Å². The fourth-order valence-corrected chi connectivity index (χ4v) is 4.52. The number of hydrogen-bond donors (Lipinski definition) is 0. The van der Waals surface area contributed by atoms with Crippen LogP contribution in [-0.4, -0.2) is 28.8 Å². The maximum absolute atomic E-state index is 12.9. The van der Waals surface area contributed by atoms with E-state index in [9.17, 15) is 4.79 Å². The molecular formula is C23H25NO2S2. The molecule has 0 unspecified atom stereocenters. The summed E-state index contributed by atoms with van der Waals surface area (Å²) in [6.07, 6.45) is 2.75. The van der Waals surface area contributed by atoms with E-state index in [2.05, 4.69) is 32.0 Å². The van der Waals surface area contributed by atoms with Gasteiger partial charge in [-0.05, 0) is 59.7 Å². The molecule has 0 bridgehead atoms. The Morgan fingerprint density at radius 1 is 1.21 bits per heavy atom. The van der Waals surface area contributed by atoms with Crippen LogP contribution in [0.15, 0.2) is 47.4 Å². The average molecular weight is 412 g/mol. The highest BCUT2D eigenvalue weighted by Gasteiger charge is 2.31. The van der Waals surface area contributed by atoms with Gasteiger partial charge in [-0.3, -0.25) is 9.69 Å². The van der Waals surface area contributed by atoms with Gasteiger partial charge in [0.2, 0.25) is 0 Å². The summed E-state index contributed by atoms with van der Waals surface area (Å²) >= 11 is 6.86. The molecule has 0 N–H and O–H groups in total. The van der Waals surface area contributed by atoms with Gasteiger partial charge in [-0.2, -0.15) is 0 Å². The van der Waals surface area contributed by atoms with Crippen LogP contribution in [0.5, 0.6) is 5.75 Å². The van der Waals surface area contributed by atoms with Crippen LogP contribution in [0.25, 0.3) is 6.08 Å². The molecule has 2 aromatic rings. The lowest BCUT2D eigenvalue weighted by atomic mass is 9.96. The minimum absolute atomic E-state index is 0.00718. The van der Waals surface area contributed by atoms with Crippen molar-refractivity contribution in [3.05, 3.63) is 69.6 Å². The van der Waals surface area contributed by atoms with Crippen molar-refractivity contribution in [3.63, 3.8) is 0 Å². The summed E-state index contributed by atoms with van der Waals surface area (Å²) in [5.74, 6) is 1.22. The van der Waals surface area contributed by atoms with Gasteiger partial charge in [-0.25, -0.2) is 0 Å². The Kier molecular flexibility index (Phi) is 6.57. The number of thioether (sulfide) groups is 1. The number of methoxy groups -OCH3 is 1. The summed E-state index contributed by atoms with van der Waals surface area (Å²) in [6, 6.07) is 14.3. The van der Waals surface area contributed by atoms with E-state index in [0.717, 1.165) is 28.9 Å². The van der Waals surface area contributed by atoms with Gasteiger partial charge in [-0.1, -0.05) is 68.2 Å². The molecule has 1 heterocycles. The fourth-order valence-electron chi connectivity index (χ4n) is 3.22. The normalized spacial score (nSPS) is 15.8. The molecule has 0 atom stereocenters.